The highest BCUT2D eigenvalue weighted by atomic mass is 16.3. The van der Waals surface area contributed by atoms with Crippen LogP contribution in [0.5, 0.6) is 5.75 Å². The van der Waals surface area contributed by atoms with E-state index in [1.165, 1.54) is 12.1 Å². The Balaban J connectivity index is 3.00. The van der Waals surface area contributed by atoms with Crippen molar-refractivity contribution in [2.45, 2.75) is 26.3 Å². The normalized spacial score (nSPS) is 11.0. The Morgan fingerprint density at radius 2 is 1.88 bits per heavy atom. The lowest BCUT2D eigenvalue weighted by Crippen LogP contribution is -2.45. The van der Waals surface area contributed by atoms with Crippen molar-refractivity contribution >= 4 is 5.91 Å². The van der Waals surface area contributed by atoms with E-state index in [1.54, 1.807) is 23.1 Å². The zero-order valence-electron chi connectivity index (χ0n) is 10.6. The summed E-state index contributed by atoms with van der Waals surface area (Å²) in [5, 5.41) is 9.20. The molecule has 1 amide bonds. The van der Waals surface area contributed by atoms with Crippen LogP contribution in [0.1, 0.15) is 31.1 Å². The van der Waals surface area contributed by atoms with Crippen molar-refractivity contribution in [3.05, 3.63) is 42.5 Å². The number of hydrogen-bond donors (Lipinski definition) is 1. The van der Waals surface area contributed by atoms with Crippen LogP contribution in [0.25, 0.3) is 0 Å². The minimum absolute atomic E-state index is 0.0580. The molecule has 3 heteroatoms. The summed E-state index contributed by atoms with van der Waals surface area (Å²) in [7, 11) is 0. The highest BCUT2D eigenvalue weighted by Crippen LogP contribution is 2.18. The van der Waals surface area contributed by atoms with Gasteiger partial charge in [-0.2, -0.15) is 0 Å². The maximum atomic E-state index is 12.3. The molecule has 1 N–H and O–H groups in total. The number of amides is 1. The molecule has 1 aromatic rings. The van der Waals surface area contributed by atoms with Gasteiger partial charge in [-0.25, -0.2) is 0 Å². The molecule has 0 saturated heterocycles. The average Bonchev–Trinajstić information content (AvgIpc) is 2.24. The molecule has 0 saturated carbocycles. The van der Waals surface area contributed by atoms with Crippen molar-refractivity contribution in [3.63, 3.8) is 0 Å². The van der Waals surface area contributed by atoms with Crippen LogP contribution >= 0.6 is 0 Å². The molecule has 0 aliphatic heterocycles. The molecule has 0 radical (unpaired) electrons. The first kappa shape index (κ1) is 13.3. The van der Waals surface area contributed by atoms with Crippen LogP contribution in [0.4, 0.5) is 0 Å². The first-order chi connectivity index (χ1) is 7.86. The Bertz CT molecular complexity index is 401. The monoisotopic (exact) mass is 233 g/mol. The van der Waals surface area contributed by atoms with Gasteiger partial charge in [0.05, 0.1) is 0 Å². The number of benzene rings is 1. The van der Waals surface area contributed by atoms with E-state index in [9.17, 15) is 9.90 Å². The van der Waals surface area contributed by atoms with E-state index in [0.717, 1.165) is 0 Å². The lowest BCUT2D eigenvalue weighted by atomic mass is 10.0. The van der Waals surface area contributed by atoms with Crippen molar-refractivity contribution < 1.29 is 9.90 Å². The van der Waals surface area contributed by atoms with Gasteiger partial charge >= 0.3 is 0 Å². The zero-order valence-corrected chi connectivity index (χ0v) is 10.6. The molecule has 0 bridgehead atoms. The molecule has 0 heterocycles. The summed E-state index contributed by atoms with van der Waals surface area (Å²) in [6.07, 6.45) is 1.71. The van der Waals surface area contributed by atoms with Crippen LogP contribution in [-0.2, 0) is 0 Å². The molecule has 0 spiro atoms. The zero-order chi connectivity index (χ0) is 13.1. The third-order valence-electron chi connectivity index (χ3n) is 2.48. The molecule has 0 aromatic heterocycles. The van der Waals surface area contributed by atoms with Crippen molar-refractivity contribution in [2.75, 3.05) is 6.54 Å². The van der Waals surface area contributed by atoms with Crippen molar-refractivity contribution in [2.24, 2.45) is 0 Å². The fourth-order valence-corrected chi connectivity index (χ4v) is 1.55. The maximum Gasteiger partial charge on any atom is 0.254 e. The predicted octanol–water partition coefficient (Wildman–Crippen LogP) is 2.82. The van der Waals surface area contributed by atoms with Gasteiger partial charge in [0.15, 0.2) is 0 Å². The molecule has 0 aliphatic rings. The quantitative estimate of drug-likeness (QED) is 0.815. The first-order valence-electron chi connectivity index (χ1n) is 5.58. The fraction of sp³-hybridized carbons (Fsp3) is 0.357. The Morgan fingerprint density at radius 3 is 2.29 bits per heavy atom. The molecule has 0 atom stereocenters. The Kier molecular flexibility index (Phi) is 3.94. The van der Waals surface area contributed by atoms with Crippen molar-refractivity contribution in [3.8, 4) is 5.75 Å². The minimum atomic E-state index is -0.261. The molecule has 17 heavy (non-hydrogen) atoms. The molecular formula is C14H19NO2. The van der Waals surface area contributed by atoms with Crippen LogP contribution in [0.2, 0.25) is 0 Å². The highest BCUT2D eigenvalue weighted by molar-refractivity contribution is 5.94. The third-order valence-corrected chi connectivity index (χ3v) is 2.48. The minimum Gasteiger partial charge on any atom is -0.508 e. The van der Waals surface area contributed by atoms with Crippen molar-refractivity contribution in [1.82, 2.24) is 4.90 Å². The number of hydrogen-bond acceptors (Lipinski definition) is 2. The van der Waals surface area contributed by atoms with Crippen LogP contribution < -0.4 is 0 Å². The van der Waals surface area contributed by atoms with E-state index >= 15 is 0 Å². The molecular weight excluding hydrogens is 214 g/mol. The first-order valence-corrected chi connectivity index (χ1v) is 5.58. The number of carbonyl (C=O) groups is 1. The number of phenols is 1. The van der Waals surface area contributed by atoms with Crippen LogP contribution in [0.15, 0.2) is 36.9 Å². The van der Waals surface area contributed by atoms with Gasteiger partial charge in [-0.1, -0.05) is 6.08 Å². The van der Waals surface area contributed by atoms with Gasteiger partial charge in [-0.15, -0.1) is 6.58 Å². The molecule has 0 aliphatic carbocycles. The fourth-order valence-electron chi connectivity index (χ4n) is 1.55. The summed E-state index contributed by atoms with van der Waals surface area (Å²) >= 11 is 0. The second-order valence-electron chi connectivity index (χ2n) is 4.92. The maximum absolute atomic E-state index is 12.3. The number of carbonyl (C=O) groups excluding carboxylic acids is 1. The number of rotatable bonds is 3. The van der Waals surface area contributed by atoms with E-state index in [-0.39, 0.29) is 17.2 Å². The SMILES string of the molecule is C=CCN(C(=O)c1ccc(O)cc1)C(C)(C)C. The van der Waals surface area contributed by atoms with E-state index < -0.39 is 0 Å². The Hall–Kier alpha value is -1.77. The summed E-state index contributed by atoms with van der Waals surface area (Å²) in [6.45, 7) is 10.1. The summed E-state index contributed by atoms with van der Waals surface area (Å²) < 4.78 is 0. The van der Waals surface area contributed by atoms with E-state index in [2.05, 4.69) is 6.58 Å². The predicted molar refractivity (Wildman–Crippen MR) is 69.1 cm³/mol. The lowest BCUT2D eigenvalue weighted by Gasteiger charge is -2.35. The molecule has 0 fully saturated rings. The molecule has 1 rings (SSSR count). The topological polar surface area (TPSA) is 40.5 Å². The molecule has 0 unspecified atom stereocenters. The summed E-state index contributed by atoms with van der Waals surface area (Å²) in [6, 6.07) is 6.28. The standard InChI is InChI=1S/C14H19NO2/c1-5-10-15(14(2,3)4)13(17)11-6-8-12(16)9-7-11/h5-9,16H,1,10H2,2-4H3. The number of nitrogens with zero attached hydrogens (tertiary/aromatic N) is 1. The average molecular weight is 233 g/mol. The van der Waals surface area contributed by atoms with Gasteiger partial charge in [-0.05, 0) is 45.0 Å². The van der Waals surface area contributed by atoms with Crippen LogP contribution in [0, 0.1) is 0 Å². The van der Waals surface area contributed by atoms with Gasteiger partial charge in [0.2, 0.25) is 0 Å². The van der Waals surface area contributed by atoms with E-state index in [4.69, 9.17) is 0 Å². The lowest BCUT2D eigenvalue weighted by molar-refractivity contribution is 0.0616. The Labute approximate surface area is 102 Å². The largest absolute Gasteiger partial charge is 0.508 e. The Morgan fingerprint density at radius 1 is 1.35 bits per heavy atom. The number of aromatic hydroxyl groups is 1. The van der Waals surface area contributed by atoms with Gasteiger partial charge in [0.1, 0.15) is 5.75 Å². The third kappa shape index (κ3) is 3.34. The van der Waals surface area contributed by atoms with Gasteiger partial charge in [-0.3, -0.25) is 4.79 Å². The summed E-state index contributed by atoms with van der Waals surface area (Å²) in [4.78, 5) is 14.0. The van der Waals surface area contributed by atoms with Gasteiger partial charge in [0.25, 0.3) is 5.91 Å². The molecule has 1 aromatic carbocycles. The van der Waals surface area contributed by atoms with Crippen LogP contribution in [-0.4, -0.2) is 28.0 Å². The van der Waals surface area contributed by atoms with E-state index in [1.807, 2.05) is 20.8 Å². The van der Waals surface area contributed by atoms with E-state index in [0.29, 0.717) is 12.1 Å². The van der Waals surface area contributed by atoms with Gasteiger partial charge in [0, 0.05) is 17.6 Å². The van der Waals surface area contributed by atoms with Gasteiger partial charge < -0.3 is 10.0 Å². The highest BCUT2D eigenvalue weighted by Gasteiger charge is 2.25. The second kappa shape index (κ2) is 5.04. The van der Waals surface area contributed by atoms with Crippen molar-refractivity contribution in [1.29, 1.82) is 0 Å². The number of phenolic OH excluding ortho intramolecular Hbond substituents is 1. The molecule has 92 valence electrons. The summed E-state index contributed by atoms with van der Waals surface area (Å²) in [5.74, 6) is 0.102. The van der Waals surface area contributed by atoms with Crippen LogP contribution in [0.3, 0.4) is 0 Å². The smallest absolute Gasteiger partial charge is 0.254 e. The molecule has 3 nitrogen and oxygen atoms in total. The second-order valence-corrected chi connectivity index (χ2v) is 4.92. The summed E-state index contributed by atoms with van der Waals surface area (Å²) in [5.41, 5.74) is 0.308.